The zero-order valence-electron chi connectivity index (χ0n) is 11.6. The summed E-state index contributed by atoms with van der Waals surface area (Å²) in [7, 11) is 0. The number of thioether (sulfide) groups is 1. The lowest BCUT2D eigenvalue weighted by Gasteiger charge is -2.07. The maximum Gasteiger partial charge on any atom is 0.141 e. The molecule has 0 amide bonds. The molecule has 4 heteroatoms. The van der Waals surface area contributed by atoms with E-state index >= 15 is 0 Å². The first kappa shape index (κ1) is 14.1. The van der Waals surface area contributed by atoms with Crippen LogP contribution in [-0.2, 0) is 17.8 Å². The zero-order chi connectivity index (χ0) is 13.7. The summed E-state index contributed by atoms with van der Waals surface area (Å²) in [6.07, 6.45) is 4.16. The summed E-state index contributed by atoms with van der Waals surface area (Å²) in [4.78, 5) is 16.6. The van der Waals surface area contributed by atoms with Gasteiger partial charge in [-0.15, -0.1) is 0 Å². The largest absolute Gasteiger partial charge is 0.328 e. The molecule has 0 atom stereocenters. The summed E-state index contributed by atoms with van der Waals surface area (Å²) in [6, 6.07) is 8.10. The van der Waals surface area contributed by atoms with E-state index in [0.717, 1.165) is 35.6 Å². The number of ketones is 1. The molecule has 2 aromatic rings. The maximum atomic E-state index is 11.9. The lowest BCUT2D eigenvalue weighted by atomic mass is 10.2. The van der Waals surface area contributed by atoms with Gasteiger partial charge in [0, 0.05) is 13.0 Å². The van der Waals surface area contributed by atoms with Gasteiger partial charge < -0.3 is 4.57 Å². The third-order valence-corrected chi connectivity index (χ3v) is 3.73. The van der Waals surface area contributed by atoms with Gasteiger partial charge in [-0.05, 0) is 30.6 Å². The number of imidazole rings is 1. The summed E-state index contributed by atoms with van der Waals surface area (Å²) in [5, 5.41) is 0. The second kappa shape index (κ2) is 6.75. The maximum absolute atomic E-state index is 11.9. The van der Waals surface area contributed by atoms with Gasteiger partial charge in [0.25, 0.3) is 0 Å². The van der Waals surface area contributed by atoms with E-state index < -0.39 is 0 Å². The molecule has 3 nitrogen and oxygen atoms in total. The Morgan fingerprint density at radius 2 is 2.16 bits per heavy atom. The topological polar surface area (TPSA) is 34.9 Å². The van der Waals surface area contributed by atoms with Gasteiger partial charge in [-0.3, -0.25) is 4.79 Å². The van der Waals surface area contributed by atoms with E-state index in [1.54, 1.807) is 11.8 Å². The van der Waals surface area contributed by atoms with Crippen molar-refractivity contribution in [1.29, 1.82) is 0 Å². The standard InChI is InChI=1S/C15H20N2OS/c1-3-9-17-14-7-5-4-6-13(14)16-15(17)11-12(18)8-10-19-2/h4-7H,3,8-11H2,1-2H3. The van der Waals surface area contributed by atoms with Crippen molar-refractivity contribution in [1.82, 2.24) is 9.55 Å². The normalized spacial score (nSPS) is 11.1. The van der Waals surface area contributed by atoms with E-state index in [2.05, 4.69) is 22.5 Å². The van der Waals surface area contributed by atoms with Gasteiger partial charge in [-0.25, -0.2) is 4.98 Å². The number of carbonyl (C=O) groups excluding carboxylic acids is 1. The summed E-state index contributed by atoms with van der Waals surface area (Å²) in [6.45, 7) is 3.07. The van der Waals surface area contributed by atoms with Crippen LogP contribution >= 0.6 is 11.8 Å². The Morgan fingerprint density at radius 3 is 2.89 bits per heavy atom. The van der Waals surface area contributed by atoms with Gasteiger partial charge in [0.05, 0.1) is 17.5 Å². The Hall–Kier alpha value is -1.29. The van der Waals surface area contributed by atoms with Gasteiger partial charge in [0.15, 0.2) is 0 Å². The highest BCUT2D eigenvalue weighted by molar-refractivity contribution is 7.98. The van der Waals surface area contributed by atoms with Crippen molar-refractivity contribution in [2.75, 3.05) is 12.0 Å². The molecule has 0 aliphatic heterocycles. The van der Waals surface area contributed by atoms with E-state index in [4.69, 9.17) is 0 Å². The van der Waals surface area contributed by atoms with Crippen LogP contribution in [0.25, 0.3) is 11.0 Å². The van der Waals surface area contributed by atoms with Gasteiger partial charge in [-0.1, -0.05) is 19.1 Å². The Bertz CT molecular complexity index is 562. The molecule has 0 unspecified atom stereocenters. The van der Waals surface area contributed by atoms with Crippen LogP contribution in [0.5, 0.6) is 0 Å². The molecule has 0 saturated carbocycles. The molecule has 1 heterocycles. The van der Waals surface area contributed by atoms with E-state index in [1.165, 1.54) is 0 Å². The predicted octanol–water partition coefficient (Wildman–Crippen LogP) is 3.31. The second-order valence-corrected chi connectivity index (χ2v) is 5.61. The van der Waals surface area contributed by atoms with Crippen molar-refractivity contribution < 1.29 is 4.79 Å². The van der Waals surface area contributed by atoms with Crippen LogP contribution in [-0.4, -0.2) is 27.3 Å². The lowest BCUT2D eigenvalue weighted by Crippen LogP contribution is -2.10. The quantitative estimate of drug-likeness (QED) is 0.778. The first-order valence-electron chi connectivity index (χ1n) is 6.71. The van der Waals surface area contributed by atoms with Crippen LogP contribution in [0.3, 0.4) is 0 Å². The highest BCUT2D eigenvalue weighted by Gasteiger charge is 2.13. The molecule has 1 aromatic carbocycles. The molecule has 0 saturated heterocycles. The number of aromatic nitrogens is 2. The summed E-state index contributed by atoms with van der Waals surface area (Å²) in [5.74, 6) is 2.09. The number of fused-ring (bicyclic) bond motifs is 1. The van der Waals surface area contributed by atoms with E-state index in [9.17, 15) is 4.79 Å². The molecule has 0 fully saturated rings. The predicted molar refractivity (Wildman–Crippen MR) is 81.7 cm³/mol. The van der Waals surface area contributed by atoms with E-state index in [0.29, 0.717) is 12.8 Å². The number of hydrogen-bond donors (Lipinski definition) is 0. The molecular weight excluding hydrogens is 256 g/mol. The Kier molecular flexibility index (Phi) is 5.02. The minimum Gasteiger partial charge on any atom is -0.328 e. The first-order valence-corrected chi connectivity index (χ1v) is 8.10. The molecule has 0 aliphatic rings. The van der Waals surface area contributed by atoms with Gasteiger partial charge >= 0.3 is 0 Å². The lowest BCUT2D eigenvalue weighted by molar-refractivity contribution is -0.118. The number of benzene rings is 1. The fraction of sp³-hybridized carbons (Fsp3) is 0.467. The number of aryl methyl sites for hydroxylation is 1. The Balaban J connectivity index is 2.26. The smallest absolute Gasteiger partial charge is 0.141 e. The minimum atomic E-state index is 0.280. The van der Waals surface area contributed by atoms with Crippen LogP contribution in [0.2, 0.25) is 0 Å². The average Bonchev–Trinajstić information content (AvgIpc) is 2.75. The average molecular weight is 276 g/mol. The fourth-order valence-electron chi connectivity index (χ4n) is 2.21. The van der Waals surface area contributed by atoms with Crippen molar-refractivity contribution in [2.45, 2.75) is 32.7 Å². The second-order valence-electron chi connectivity index (χ2n) is 4.63. The minimum absolute atomic E-state index is 0.280. The first-order chi connectivity index (χ1) is 9.26. The molecular formula is C15H20N2OS. The van der Waals surface area contributed by atoms with Crippen LogP contribution in [0.4, 0.5) is 0 Å². The van der Waals surface area contributed by atoms with Crippen LogP contribution < -0.4 is 0 Å². The number of Topliss-reactive ketones (excluding diaryl/α,β-unsaturated/α-hetero) is 1. The van der Waals surface area contributed by atoms with Crippen molar-refractivity contribution in [3.63, 3.8) is 0 Å². The number of nitrogens with zero attached hydrogens (tertiary/aromatic N) is 2. The molecule has 19 heavy (non-hydrogen) atoms. The third kappa shape index (κ3) is 3.38. The summed E-state index contributed by atoms with van der Waals surface area (Å²) < 4.78 is 2.19. The SMILES string of the molecule is CCCn1c(CC(=O)CCSC)nc2ccccc21. The highest BCUT2D eigenvalue weighted by Crippen LogP contribution is 2.17. The molecule has 0 aliphatic carbocycles. The summed E-state index contributed by atoms with van der Waals surface area (Å²) >= 11 is 1.71. The van der Waals surface area contributed by atoms with Crippen molar-refractivity contribution in [2.24, 2.45) is 0 Å². The highest BCUT2D eigenvalue weighted by atomic mass is 32.2. The molecule has 0 N–H and O–H groups in total. The monoisotopic (exact) mass is 276 g/mol. The number of para-hydroxylation sites is 2. The number of hydrogen-bond acceptors (Lipinski definition) is 3. The van der Waals surface area contributed by atoms with Crippen LogP contribution in [0, 0.1) is 0 Å². The Morgan fingerprint density at radius 1 is 1.37 bits per heavy atom. The molecule has 2 rings (SSSR count). The molecule has 0 bridgehead atoms. The van der Waals surface area contributed by atoms with Crippen LogP contribution in [0.1, 0.15) is 25.6 Å². The third-order valence-electron chi connectivity index (χ3n) is 3.12. The number of carbonyl (C=O) groups is 1. The van der Waals surface area contributed by atoms with Gasteiger partial charge in [-0.2, -0.15) is 11.8 Å². The van der Waals surface area contributed by atoms with Gasteiger partial charge in [0.1, 0.15) is 11.6 Å². The number of rotatable bonds is 7. The van der Waals surface area contributed by atoms with Crippen molar-refractivity contribution >= 4 is 28.6 Å². The molecule has 1 aromatic heterocycles. The zero-order valence-corrected chi connectivity index (χ0v) is 12.4. The van der Waals surface area contributed by atoms with Crippen molar-refractivity contribution in [3.05, 3.63) is 30.1 Å². The molecule has 102 valence electrons. The fourth-order valence-corrected chi connectivity index (χ4v) is 2.65. The Labute approximate surface area is 118 Å². The molecule has 0 radical (unpaired) electrons. The molecule has 0 spiro atoms. The van der Waals surface area contributed by atoms with E-state index in [-0.39, 0.29) is 5.78 Å². The summed E-state index contributed by atoms with van der Waals surface area (Å²) in [5.41, 5.74) is 2.13. The van der Waals surface area contributed by atoms with E-state index in [1.807, 2.05) is 24.5 Å². The van der Waals surface area contributed by atoms with Gasteiger partial charge in [0.2, 0.25) is 0 Å². The van der Waals surface area contributed by atoms with Crippen LogP contribution in [0.15, 0.2) is 24.3 Å². The van der Waals surface area contributed by atoms with Crippen molar-refractivity contribution in [3.8, 4) is 0 Å².